The smallest absolute Gasteiger partial charge is 0.172 e. The zero-order valence-electron chi connectivity index (χ0n) is 29.3. The summed E-state index contributed by atoms with van der Waals surface area (Å²) in [5, 5.41) is 13.5. The molecule has 3 N–H and O–H groups in total. The van der Waals surface area contributed by atoms with E-state index < -0.39 is 0 Å². The van der Waals surface area contributed by atoms with Gasteiger partial charge in [-0.25, -0.2) is 9.98 Å². The average molecular weight is 684 g/mol. The van der Waals surface area contributed by atoms with E-state index in [0.717, 1.165) is 38.9 Å². The Balaban J connectivity index is 0.000000259. The molecule has 2 aromatic heterocycles. The lowest BCUT2D eigenvalue weighted by Crippen LogP contribution is -2.16. The molecule has 0 fully saturated rings. The molecule has 0 saturated carbocycles. The summed E-state index contributed by atoms with van der Waals surface area (Å²) in [5.74, 6) is 1.01. The Morgan fingerprint density at radius 1 is 0.547 bits per heavy atom. The van der Waals surface area contributed by atoms with Crippen molar-refractivity contribution in [2.24, 2.45) is 10.7 Å². The van der Waals surface area contributed by atoms with Gasteiger partial charge in [-0.2, -0.15) is 0 Å². The van der Waals surface area contributed by atoms with Crippen molar-refractivity contribution in [1.29, 1.82) is 5.41 Å². The van der Waals surface area contributed by atoms with E-state index in [9.17, 15) is 0 Å². The van der Waals surface area contributed by atoms with Crippen molar-refractivity contribution in [3.63, 3.8) is 0 Å². The van der Waals surface area contributed by atoms with Gasteiger partial charge in [-0.05, 0) is 70.3 Å². The summed E-state index contributed by atoms with van der Waals surface area (Å²) >= 11 is 0. The van der Waals surface area contributed by atoms with Gasteiger partial charge in [0, 0.05) is 16.3 Å². The van der Waals surface area contributed by atoms with Crippen molar-refractivity contribution in [1.82, 2.24) is 9.55 Å². The number of aryl methyl sites for hydroxylation is 1. The van der Waals surface area contributed by atoms with Crippen molar-refractivity contribution in [3.8, 4) is 28.1 Å². The van der Waals surface area contributed by atoms with Gasteiger partial charge in [0.05, 0.1) is 11.0 Å². The van der Waals surface area contributed by atoms with Crippen LogP contribution in [0.2, 0.25) is 0 Å². The van der Waals surface area contributed by atoms with Crippen LogP contribution < -0.4 is 5.73 Å². The van der Waals surface area contributed by atoms with Crippen LogP contribution >= 0.6 is 0 Å². The largest absolute Gasteiger partial charge is 0.383 e. The molecule has 53 heavy (non-hydrogen) atoms. The first-order valence-electron chi connectivity index (χ1n) is 17.6. The Hall–Kier alpha value is -7.11. The predicted octanol–water partition coefficient (Wildman–Crippen LogP) is 11.4. The van der Waals surface area contributed by atoms with Gasteiger partial charge in [0.15, 0.2) is 5.84 Å². The number of nitrogens with one attached hydrogen (secondary N) is 1. The minimum Gasteiger partial charge on any atom is -0.383 e. The first-order chi connectivity index (χ1) is 26.0. The normalized spacial score (nSPS) is 11.4. The number of nitrogens with two attached hydrogens (primary N) is 1. The molecule has 5 nitrogen and oxygen atoms in total. The third-order valence-corrected chi connectivity index (χ3v) is 9.39. The SMILES string of the molecule is Cc1cccc(-c2ccccc2)c1.N=C(N=C(N)c1cccc(-c2ccccc2)c1)c1cccc(-n2c3ccccc3c3c4ccccc4ccc32)n1. The number of aliphatic imine (C=N–C) groups is 1. The Morgan fingerprint density at radius 2 is 1.15 bits per heavy atom. The maximum atomic E-state index is 8.74. The molecule has 0 spiro atoms. The van der Waals surface area contributed by atoms with Gasteiger partial charge in [-0.1, -0.05) is 163 Å². The highest BCUT2D eigenvalue weighted by atomic mass is 15.1. The van der Waals surface area contributed by atoms with E-state index in [1.807, 2.05) is 66.7 Å². The summed E-state index contributed by atoms with van der Waals surface area (Å²) in [6, 6.07) is 63.8. The van der Waals surface area contributed by atoms with Crippen molar-refractivity contribution in [2.75, 3.05) is 0 Å². The van der Waals surface area contributed by atoms with Crippen LogP contribution in [0.25, 0.3) is 60.6 Å². The summed E-state index contributed by atoms with van der Waals surface area (Å²) < 4.78 is 2.16. The monoisotopic (exact) mass is 683 g/mol. The molecule has 9 aromatic rings. The zero-order chi connectivity index (χ0) is 36.1. The molecule has 0 aliphatic rings. The average Bonchev–Trinajstić information content (AvgIpc) is 3.57. The maximum Gasteiger partial charge on any atom is 0.172 e. The molecule has 7 aromatic carbocycles. The molecule has 0 aliphatic heterocycles. The summed E-state index contributed by atoms with van der Waals surface area (Å²) in [6.07, 6.45) is 0. The van der Waals surface area contributed by atoms with Crippen LogP contribution in [0.4, 0.5) is 0 Å². The Labute approximate surface area is 308 Å². The van der Waals surface area contributed by atoms with Crippen molar-refractivity contribution < 1.29 is 0 Å². The summed E-state index contributed by atoms with van der Waals surface area (Å²) in [6.45, 7) is 2.12. The highest BCUT2D eigenvalue weighted by Crippen LogP contribution is 2.36. The van der Waals surface area contributed by atoms with E-state index in [-0.39, 0.29) is 11.7 Å². The molecule has 9 rings (SSSR count). The molecular weight excluding hydrogens is 647 g/mol. The van der Waals surface area contributed by atoms with E-state index >= 15 is 0 Å². The topological polar surface area (TPSA) is 80.0 Å². The molecule has 5 heteroatoms. The molecule has 0 amide bonds. The minimum absolute atomic E-state index is 0.00989. The Morgan fingerprint density at radius 3 is 1.89 bits per heavy atom. The number of rotatable bonds is 5. The van der Waals surface area contributed by atoms with Gasteiger partial charge in [0.1, 0.15) is 17.3 Å². The highest BCUT2D eigenvalue weighted by Gasteiger charge is 2.16. The minimum atomic E-state index is 0.00989. The highest BCUT2D eigenvalue weighted by molar-refractivity contribution is 6.21. The second-order valence-electron chi connectivity index (χ2n) is 12.9. The lowest BCUT2D eigenvalue weighted by molar-refractivity contribution is 1.07. The quantitative estimate of drug-likeness (QED) is 0.140. The molecule has 2 heterocycles. The molecule has 0 unspecified atom stereocenters. The van der Waals surface area contributed by atoms with E-state index in [1.54, 1.807) is 6.07 Å². The summed E-state index contributed by atoms with van der Waals surface area (Å²) in [7, 11) is 0. The van der Waals surface area contributed by atoms with Crippen LogP contribution in [0.3, 0.4) is 0 Å². The number of aromatic nitrogens is 2. The fraction of sp³-hybridized carbons (Fsp3) is 0.0208. The number of amidine groups is 2. The van der Waals surface area contributed by atoms with Gasteiger partial charge in [-0.3, -0.25) is 9.98 Å². The Bertz CT molecular complexity index is 2760. The van der Waals surface area contributed by atoms with E-state index in [0.29, 0.717) is 5.69 Å². The van der Waals surface area contributed by atoms with Gasteiger partial charge < -0.3 is 5.73 Å². The fourth-order valence-corrected chi connectivity index (χ4v) is 6.85. The number of pyridine rings is 1. The fourth-order valence-electron chi connectivity index (χ4n) is 6.85. The third kappa shape index (κ3) is 6.84. The van der Waals surface area contributed by atoms with Crippen LogP contribution in [0.5, 0.6) is 0 Å². The number of hydrogen-bond donors (Lipinski definition) is 2. The van der Waals surface area contributed by atoms with E-state index in [4.69, 9.17) is 16.1 Å². The summed E-state index contributed by atoms with van der Waals surface area (Å²) in [5.41, 5.74) is 15.8. The van der Waals surface area contributed by atoms with Gasteiger partial charge in [0.25, 0.3) is 0 Å². The van der Waals surface area contributed by atoms with Crippen LogP contribution in [0, 0.1) is 12.3 Å². The van der Waals surface area contributed by atoms with E-state index in [2.05, 4.69) is 132 Å². The lowest BCUT2D eigenvalue weighted by Gasteiger charge is -2.09. The molecule has 0 radical (unpaired) electrons. The standard InChI is InChI=1S/C35H25N5.C13H12/c36-34(26-14-8-13-25(22-26)23-10-2-1-3-11-23)39-35(37)29-17-9-19-32(38-29)40-30-18-7-6-16-28(30)33-27-15-5-4-12-24(27)20-21-31(33)40;1-11-6-5-9-13(10-11)12-7-3-2-4-8-12/h1-22H,(H3,36,37,39);2-10H,1H3. The molecule has 0 bridgehead atoms. The number of fused-ring (bicyclic) bond motifs is 5. The predicted molar refractivity (Wildman–Crippen MR) is 222 cm³/mol. The molecule has 0 aliphatic carbocycles. The number of nitrogens with zero attached hydrogens (tertiary/aromatic N) is 3. The van der Waals surface area contributed by atoms with Crippen LogP contribution in [0.15, 0.2) is 193 Å². The summed E-state index contributed by atoms with van der Waals surface area (Å²) in [4.78, 5) is 9.33. The number of benzene rings is 7. The zero-order valence-corrected chi connectivity index (χ0v) is 29.3. The molecular formula is C48H37N5. The second kappa shape index (κ2) is 14.6. The lowest BCUT2D eigenvalue weighted by atomic mass is 10.0. The first-order valence-corrected chi connectivity index (χ1v) is 17.6. The molecule has 0 saturated heterocycles. The third-order valence-electron chi connectivity index (χ3n) is 9.39. The number of hydrogen-bond acceptors (Lipinski definition) is 2. The molecule has 0 atom stereocenters. The van der Waals surface area contributed by atoms with Crippen LogP contribution in [-0.2, 0) is 0 Å². The van der Waals surface area contributed by atoms with Gasteiger partial charge >= 0.3 is 0 Å². The van der Waals surface area contributed by atoms with E-state index in [1.165, 1.54) is 32.8 Å². The van der Waals surface area contributed by atoms with Crippen molar-refractivity contribution in [2.45, 2.75) is 6.92 Å². The van der Waals surface area contributed by atoms with Crippen molar-refractivity contribution >= 4 is 44.2 Å². The number of para-hydroxylation sites is 1. The van der Waals surface area contributed by atoms with Crippen LogP contribution in [0.1, 0.15) is 16.8 Å². The van der Waals surface area contributed by atoms with Gasteiger partial charge in [-0.15, -0.1) is 0 Å². The Kier molecular flexibility index (Phi) is 9.12. The maximum absolute atomic E-state index is 8.74. The van der Waals surface area contributed by atoms with Crippen LogP contribution in [-0.4, -0.2) is 21.2 Å². The first kappa shape index (κ1) is 33.1. The molecule has 254 valence electrons. The van der Waals surface area contributed by atoms with Gasteiger partial charge in [0.2, 0.25) is 0 Å². The van der Waals surface area contributed by atoms with Crippen molar-refractivity contribution in [3.05, 3.63) is 205 Å². The second-order valence-corrected chi connectivity index (χ2v) is 12.9.